The minimum atomic E-state index is -0.0725. The smallest absolute Gasteiger partial charge is 0.0966 e. The van der Waals surface area contributed by atoms with Crippen molar-refractivity contribution in [2.45, 2.75) is 31.5 Å². The molecule has 0 amide bonds. The lowest BCUT2D eigenvalue weighted by Gasteiger charge is -2.30. The van der Waals surface area contributed by atoms with E-state index in [1.165, 1.54) is 17.5 Å². The first-order chi connectivity index (χ1) is 10.3. The summed E-state index contributed by atoms with van der Waals surface area (Å²) in [6, 6.07) is 16.8. The maximum absolute atomic E-state index is 6.38. The van der Waals surface area contributed by atoms with Crippen LogP contribution >= 0.6 is 15.9 Å². The Hall–Kier alpha value is -1.16. The van der Waals surface area contributed by atoms with E-state index in [0.717, 1.165) is 22.9 Å². The Morgan fingerprint density at radius 1 is 1.14 bits per heavy atom. The molecule has 110 valence electrons. The van der Waals surface area contributed by atoms with Gasteiger partial charge in [0.15, 0.2) is 0 Å². The number of ether oxygens (including phenoxy) is 1. The average molecular weight is 346 g/mol. The minimum absolute atomic E-state index is 0.0725. The van der Waals surface area contributed by atoms with Crippen LogP contribution in [0.1, 0.15) is 41.7 Å². The second kappa shape index (κ2) is 6.73. The zero-order chi connectivity index (χ0) is 14.7. The maximum Gasteiger partial charge on any atom is 0.0966 e. The molecule has 1 aliphatic rings. The van der Waals surface area contributed by atoms with Crippen LogP contribution in [-0.2, 0) is 11.2 Å². The van der Waals surface area contributed by atoms with E-state index in [4.69, 9.17) is 10.5 Å². The molecule has 3 heteroatoms. The Labute approximate surface area is 134 Å². The molecule has 3 rings (SSSR count). The second-order valence-electron chi connectivity index (χ2n) is 5.46. The summed E-state index contributed by atoms with van der Waals surface area (Å²) in [5, 5.41) is 0. The molecule has 0 bridgehead atoms. The van der Waals surface area contributed by atoms with Crippen molar-refractivity contribution in [1.82, 2.24) is 0 Å². The Bertz CT molecular complexity index is 614. The number of halogens is 1. The number of nitrogens with two attached hydrogens (primary N) is 1. The van der Waals surface area contributed by atoms with E-state index >= 15 is 0 Å². The van der Waals surface area contributed by atoms with Crippen LogP contribution in [-0.4, -0.2) is 6.54 Å². The summed E-state index contributed by atoms with van der Waals surface area (Å²) in [5.74, 6) is 0. The summed E-state index contributed by atoms with van der Waals surface area (Å²) < 4.78 is 7.44. The van der Waals surface area contributed by atoms with E-state index in [0.29, 0.717) is 6.54 Å². The van der Waals surface area contributed by atoms with Crippen molar-refractivity contribution in [2.24, 2.45) is 5.73 Å². The zero-order valence-electron chi connectivity index (χ0n) is 12.0. The highest BCUT2D eigenvalue weighted by Crippen LogP contribution is 2.37. The molecule has 0 spiro atoms. The summed E-state index contributed by atoms with van der Waals surface area (Å²) >= 11 is 3.60. The standard InChI is InChI=1S/C18H20BrNO/c19-16-10-4-3-9-15(16)18(12-20)21-17-11-5-7-13-6-1-2-8-14(13)17/h1-4,6,8-10,17-18H,5,7,11-12,20H2. The lowest BCUT2D eigenvalue weighted by Crippen LogP contribution is -2.21. The largest absolute Gasteiger partial charge is 0.364 e. The summed E-state index contributed by atoms with van der Waals surface area (Å²) in [6.07, 6.45) is 3.47. The molecule has 2 atom stereocenters. The summed E-state index contributed by atoms with van der Waals surface area (Å²) in [7, 11) is 0. The summed E-state index contributed by atoms with van der Waals surface area (Å²) in [5.41, 5.74) is 9.83. The van der Waals surface area contributed by atoms with E-state index in [9.17, 15) is 0 Å². The molecule has 0 aromatic heterocycles. The third-order valence-electron chi connectivity index (χ3n) is 4.11. The van der Waals surface area contributed by atoms with Crippen molar-refractivity contribution >= 4 is 15.9 Å². The van der Waals surface area contributed by atoms with Gasteiger partial charge < -0.3 is 10.5 Å². The van der Waals surface area contributed by atoms with Gasteiger partial charge in [0.25, 0.3) is 0 Å². The van der Waals surface area contributed by atoms with E-state index in [1.54, 1.807) is 0 Å². The van der Waals surface area contributed by atoms with Crippen LogP contribution in [0.5, 0.6) is 0 Å². The van der Waals surface area contributed by atoms with Crippen LogP contribution in [0.15, 0.2) is 53.0 Å². The van der Waals surface area contributed by atoms with Gasteiger partial charge in [-0.25, -0.2) is 0 Å². The fourth-order valence-corrected chi connectivity index (χ4v) is 3.58. The quantitative estimate of drug-likeness (QED) is 0.882. The second-order valence-corrected chi connectivity index (χ2v) is 6.32. The van der Waals surface area contributed by atoms with Gasteiger partial charge in [0.05, 0.1) is 12.2 Å². The predicted octanol–water partition coefficient (Wildman–Crippen LogP) is 4.54. The average Bonchev–Trinajstić information content (AvgIpc) is 2.53. The van der Waals surface area contributed by atoms with E-state index in [2.05, 4.69) is 46.3 Å². The highest BCUT2D eigenvalue weighted by molar-refractivity contribution is 9.10. The first-order valence-corrected chi connectivity index (χ1v) is 8.26. The number of aryl methyl sites for hydroxylation is 1. The van der Waals surface area contributed by atoms with Crippen LogP contribution in [0.2, 0.25) is 0 Å². The van der Waals surface area contributed by atoms with E-state index < -0.39 is 0 Å². The molecule has 2 aromatic rings. The van der Waals surface area contributed by atoms with Gasteiger partial charge in [-0.05, 0) is 42.0 Å². The predicted molar refractivity (Wildman–Crippen MR) is 89.1 cm³/mol. The molecule has 21 heavy (non-hydrogen) atoms. The molecular weight excluding hydrogens is 326 g/mol. The van der Waals surface area contributed by atoms with Crippen LogP contribution in [0.3, 0.4) is 0 Å². The molecule has 0 saturated carbocycles. The lowest BCUT2D eigenvalue weighted by molar-refractivity contribution is -0.0195. The first-order valence-electron chi connectivity index (χ1n) is 7.47. The molecule has 2 unspecified atom stereocenters. The highest BCUT2D eigenvalue weighted by atomic mass is 79.9. The van der Waals surface area contributed by atoms with Crippen molar-refractivity contribution in [3.63, 3.8) is 0 Å². The molecule has 0 radical (unpaired) electrons. The van der Waals surface area contributed by atoms with Gasteiger partial charge in [-0.15, -0.1) is 0 Å². The Morgan fingerprint density at radius 3 is 2.71 bits per heavy atom. The van der Waals surface area contributed by atoms with E-state index in [-0.39, 0.29) is 12.2 Å². The third kappa shape index (κ3) is 3.20. The third-order valence-corrected chi connectivity index (χ3v) is 4.83. The number of rotatable bonds is 4. The van der Waals surface area contributed by atoms with E-state index in [1.807, 2.05) is 18.2 Å². The van der Waals surface area contributed by atoms with Gasteiger partial charge in [-0.2, -0.15) is 0 Å². The summed E-state index contributed by atoms with van der Waals surface area (Å²) in [6.45, 7) is 0.487. The highest BCUT2D eigenvalue weighted by Gasteiger charge is 2.24. The van der Waals surface area contributed by atoms with Crippen LogP contribution in [0.4, 0.5) is 0 Å². The first kappa shape index (κ1) is 14.8. The van der Waals surface area contributed by atoms with Crippen molar-refractivity contribution < 1.29 is 4.74 Å². The van der Waals surface area contributed by atoms with Crippen molar-refractivity contribution in [3.8, 4) is 0 Å². The van der Waals surface area contributed by atoms with Crippen molar-refractivity contribution in [1.29, 1.82) is 0 Å². The van der Waals surface area contributed by atoms with Crippen molar-refractivity contribution in [2.75, 3.05) is 6.54 Å². The van der Waals surface area contributed by atoms with Gasteiger partial charge in [0.1, 0.15) is 0 Å². The molecule has 2 N–H and O–H groups in total. The minimum Gasteiger partial charge on any atom is -0.364 e. The number of benzene rings is 2. The lowest BCUT2D eigenvalue weighted by atomic mass is 9.89. The molecule has 2 aromatic carbocycles. The van der Waals surface area contributed by atoms with Gasteiger partial charge in [-0.1, -0.05) is 58.4 Å². The fraction of sp³-hybridized carbons (Fsp3) is 0.333. The van der Waals surface area contributed by atoms with Gasteiger partial charge in [0, 0.05) is 11.0 Å². The Balaban J connectivity index is 1.84. The maximum atomic E-state index is 6.38. The zero-order valence-corrected chi connectivity index (χ0v) is 13.6. The topological polar surface area (TPSA) is 35.2 Å². The van der Waals surface area contributed by atoms with Gasteiger partial charge in [0.2, 0.25) is 0 Å². The van der Waals surface area contributed by atoms with Gasteiger partial charge >= 0.3 is 0 Å². The molecule has 1 aliphatic carbocycles. The Morgan fingerprint density at radius 2 is 1.90 bits per heavy atom. The number of hydrogen-bond acceptors (Lipinski definition) is 2. The van der Waals surface area contributed by atoms with Crippen molar-refractivity contribution in [3.05, 3.63) is 69.7 Å². The number of fused-ring (bicyclic) bond motifs is 1. The Kier molecular flexibility index (Phi) is 4.73. The van der Waals surface area contributed by atoms with Crippen LogP contribution < -0.4 is 5.73 Å². The van der Waals surface area contributed by atoms with Crippen LogP contribution in [0.25, 0.3) is 0 Å². The molecule has 0 aliphatic heterocycles. The molecule has 0 fully saturated rings. The van der Waals surface area contributed by atoms with Crippen LogP contribution in [0, 0.1) is 0 Å². The molecule has 0 saturated heterocycles. The fourth-order valence-electron chi connectivity index (χ4n) is 3.04. The normalized spacial score (nSPS) is 19.0. The SMILES string of the molecule is NCC(OC1CCCc2ccccc21)c1ccccc1Br. The molecule has 0 heterocycles. The monoisotopic (exact) mass is 345 g/mol. The van der Waals surface area contributed by atoms with Gasteiger partial charge in [-0.3, -0.25) is 0 Å². The molecule has 2 nitrogen and oxygen atoms in total. The number of hydrogen-bond donors (Lipinski definition) is 1. The molecular formula is C18H20BrNO. The summed E-state index contributed by atoms with van der Waals surface area (Å²) in [4.78, 5) is 0.